The fourth-order valence-corrected chi connectivity index (χ4v) is 3.67. The van der Waals surface area contributed by atoms with Crippen molar-refractivity contribution in [2.75, 3.05) is 12.4 Å². The average molecular weight is 443 g/mol. The van der Waals surface area contributed by atoms with E-state index in [1.807, 2.05) is 49.4 Å². The number of nitro groups is 1. The predicted octanol–water partition coefficient (Wildman–Crippen LogP) is 4.30. The van der Waals surface area contributed by atoms with Crippen LogP contribution >= 0.6 is 0 Å². The summed E-state index contributed by atoms with van der Waals surface area (Å²) >= 11 is 0. The molecule has 8 heteroatoms. The first kappa shape index (κ1) is 21.8. The van der Waals surface area contributed by atoms with E-state index in [1.54, 1.807) is 6.07 Å². The molecule has 0 saturated carbocycles. The molecule has 1 N–H and O–H groups in total. The highest BCUT2D eigenvalue weighted by Crippen LogP contribution is 2.35. The highest BCUT2D eigenvalue weighted by atomic mass is 16.6. The molecule has 1 aliphatic rings. The van der Waals surface area contributed by atoms with Gasteiger partial charge in [-0.2, -0.15) is 0 Å². The van der Waals surface area contributed by atoms with Crippen molar-refractivity contribution < 1.29 is 19.2 Å². The monoisotopic (exact) mass is 443 g/mol. The fourth-order valence-electron chi connectivity index (χ4n) is 3.67. The van der Waals surface area contributed by atoms with Crippen molar-refractivity contribution >= 4 is 28.8 Å². The van der Waals surface area contributed by atoms with Crippen molar-refractivity contribution in [1.82, 2.24) is 4.90 Å². The van der Waals surface area contributed by atoms with E-state index < -0.39 is 16.7 Å². The molecule has 0 saturated heterocycles. The van der Waals surface area contributed by atoms with Crippen LogP contribution in [-0.2, 0) is 16.1 Å². The molecule has 0 aliphatic carbocycles. The molecule has 0 aromatic heterocycles. The lowest BCUT2D eigenvalue weighted by atomic mass is 10.0. The van der Waals surface area contributed by atoms with Gasteiger partial charge in [0.25, 0.3) is 17.5 Å². The maximum Gasteiger partial charge on any atom is 0.278 e. The maximum atomic E-state index is 13.4. The van der Waals surface area contributed by atoms with Crippen molar-refractivity contribution in [2.24, 2.45) is 0 Å². The van der Waals surface area contributed by atoms with Gasteiger partial charge in [-0.15, -0.1) is 0 Å². The Bertz CT molecular complexity index is 1270. The fraction of sp³-hybridized carbons (Fsp3) is 0.120. The molecule has 8 nitrogen and oxygen atoms in total. The number of nitro benzene ring substituents is 1. The van der Waals surface area contributed by atoms with E-state index in [-0.39, 0.29) is 23.5 Å². The minimum Gasteiger partial charge on any atom is -0.495 e. The van der Waals surface area contributed by atoms with Crippen LogP contribution in [-0.4, -0.2) is 28.7 Å². The zero-order valence-electron chi connectivity index (χ0n) is 18.1. The summed E-state index contributed by atoms with van der Waals surface area (Å²) in [6.45, 7) is 2.00. The number of methoxy groups -OCH3 is 1. The summed E-state index contributed by atoms with van der Waals surface area (Å²) in [5.74, 6) is -0.453. The van der Waals surface area contributed by atoms with Crippen molar-refractivity contribution in [1.29, 1.82) is 0 Å². The first-order valence-corrected chi connectivity index (χ1v) is 10.2. The molecule has 2 amide bonds. The highest BCUT2D eigenvalue weighted by molar-refractivity contribution is 6.36. The molecule has 0 radical (unpaired) electrons. The Morgan fingerprint density at radius 3 is 2.30 bits per heavy atom. The summed E-state index contributed by atoms with van der Waals surface area (Å²) in [5.41, 5.74) is 2.82. The van der Waals surface area contributed by atoms with Gasteiger partial charge in [-0.3, -0.25) is 24.6 Å². The molecule has 0 spiro atoms. The molecule has 1 heterocycles. The summed E-state index contributed by atoms with van der Waals surface area (Å²) in [4.78, 5) is 38.5. The van der Waals surface area contributed by atoms with E-state index in [2.05, 4.69) is 5.32 Å². The first-order chi connectivity index (χ1) is 15.9. The Labute approximate surface area is 190 Å². The number of anilines is 1. The number of hydrogen-bond acceptors (Lipinski definition) is 6. The third-order valence-corrected chi connectivity index (χ3v) is 5.33. The van der Waals surface area contributed by atoms with Crippen LogP contribution in [0.2, 0.25) is 0 Å². The predicted molar refractivity (Wildman–Crippen MR) is 123 cm³/mol. The van der Waals surface area contributed by atoms with Gasteiger partial charge in [0.2, 0.25) is 0 Å². The number of carbonyl (C=O) groups excluding carboxylic acids is 2. The van der Waals surface area contributed by atoms with Gasteiger partial charge < -0.3 is 10.1 Å². The molecule has 0 fully saturated rings. The van der Waals surface area contributed by atoms with Gasteiger partial charge in [-0.1, -0.05) is 36.4 Å². The van der Waals surface area contributed by atoms with Gasteiger partial charge in [0, 0.05) is 12.1 Å². The lowest BCUT2D eigenvalue weighted by molar-refractivity contribution is -0.384. The molecule has 3 aromatic rings. The minimum atomic E-state index is -0.516. The largest absolute Gasteiger partial charge is 0.495 e. The van der Waals surface area contributed by atoms with Crippen LogP contribution < -0.4 is 10.1 Å². The quantitative estimate of drug-likeness (QED) is 0.332. The van der Waals surface area contributed by atoms with Crippen LogP contribution in [0, 0.1) is 17.0 Å². The van der Waals surface area contributed by atoms with Gasteiger partial charge in [0.15, 0.2) is 0 Å². The zero-order valence-corrected chi connectivity index (χ0v) is 18.1. The van der Waals surface area contributed by atoms with Crippen LogP contribution in [0.15, 0.2) is 78.5 Å². The number of non-ortho nitro benzene ring substituents is 1. The summed E-state index contributed by atoms with van der Waals surface area (Å²) in [6, 6.07) is 20.2. The smallest absolute Gasteiger partial charge is 0.278 e. The van der Waals surface area contributed by atoms with E-state index in [4.69, 9.17) is 4.74 Å². The third kappa shape index (κ3) is 4.31. The van der Waals surface area contributed by atoms with Crippen LogP contribution in [0.5, 0.6) is 5.75 Å². The van der Waals surface area contributed by atoms with Gasteiger partial charge >= 0.3 is 0 Å². The zero-order chi connectivity index (χ0) is 23.5. The normalized spacial score (nSPS) is 13.5. The molecule has 0 bridgehead atoms. The molecule has 4 rings (SSSR count). The van der Waals surface area contributed by atoms with Crippen LogP contribution in [0.4, 0.5) is 11.4 Å². The van der Waals surface area contributed by atoms with Gasteiger partial charge in [-0.25, -0.2) is 0 Å². The molecule has 0 atom stereocenters. The standard InChI is InChI=1S/C25H21N3O5/c1-16-8-13-21(33-2)20(14-16)26-23-22(18-9-11-19(12-10-18)28(31)32)24(29)27(25(23)30)15-17-6-4-3-5-7-17/h3-14,26H,15H2,1-2H3. The summed E-state index contributed by atoms with van der Waals surface area (Å²) in [5, 5.41) is 14.1. The van der Waals surface area contributed by atoms with Crippen LogP contribution in [0.1, 0.15) is 16.7 Å². The van der Waals surface area contributed by atoms with Gasteiger partial charge in [-0.05, 0) is 47.9 Å². The van der Waals surface area contributed by atoms with Gasteiger partial charge in [0.1, 0.15) is 11.4 Å². The molecular formula is C25H21N3O5. The molecule has 166 valence electrons. The van der Waals surface area contributed by atoms with Crippen molar-refractivity contribution in [3.63, 3.8) is 0 Å². The Morgan fingerprint density at radius 1 is 0.970 bits per heavy atom. The Kier molecular flexibility index (Phi) is 5.91. The molecule has 33 heavy (non-hydrogen) atoms. The van der Waals surface area contributed by atoms with E-state index >= 15 is 0 Å². The van der Waals surface area contributed by atoms with Crippen molar-refractivity contribution in [3.8, 4) is 5.75 Å². The average Bonchev–Trinajstić information content (AvgIpc) is 3.04. The molecule has 3 aromatic carbocycles. The third-order valence-electron chi connectivity index (χ3n) is 5.33. The van der Waals surface area contributed by atoms with E-state index in [1.165, 1.54) is 31.4 Å². The lowest BCUT2D eigenvalue weighted by Gasteiger charge is -2.16. The number of carbonyl (C=O) groups is 2. The Balaban J connectivity index is 1.79. The Morgan fingerprint density at radius 2 is 1.67 bits per heavy atom. The number of amides is 2. The maximum absolute atomic E-state index is 13.4. The lowest BCUT2D eigenvalue weighted by Crippen LogP contribution is -2.32. The number of ether oxygens (including phenoxy) is 1. The summed E-state index contributed by atoms with van der Waals surface area (Å²) in [7, 11) is 1.52. The summed E-state index contributed by atoms with van der Waals surface area (Å²) in [6.07, 6.45) is 0. The first-order valence-electron chi connectivity index (χ1n) is 10.2. The van der Waals surface area contributed by atoms with E-state index in [9.17, 15) is 19.7 Å². The number of aryl methyl sites for hydroxylation is 1. The molecular weight excluding hydrogens is 422 g/mol. The molecule has 0 unspecified atom stereocenters. The number of hydrogen-bond donors (Lipinski definition) is 1. The molecule has 1 aliphatic heterocycles. The van der Waals surface area contributed by atoms with Crippen molar-refractivity contribution in [3.05, 3.63) is 105 Å². The second-order valence-electron chi connectivity index (χ2n) is 7.56. The topological polar surface area (TPSA) is 102 Å². The number of nitrogens with one attached hydrogen (secondary N) is 1. The summed E-state index contributed by atoms with van der Waals surface area (Å²) < 4.78 is 5.41. The van der Waals surface area contributed by atoms with Gasteiger partial charge in [0.05, 0.1) is 29.8 Å². The SMILES string of the molecule is COc1ccc(C)cc1NC1=C(c2ccc([N+](=O)[O-])cc2)C(=O)N(Cc2ccccc2)C1=O. The van der Waals surface area contributed by atoms with Crippen LogP contribution in [0.25, 0.3) is 5.57 Å². The number of rotatable bonds is 7. The van der Waals surface area contributed by atoms with E-state index in [0.29, 0.717) is 17.0 Å². The number of benzene rings is 3. The second kappa shape index (κ2) is 8.96. The second-order valence-corrected chi connectivity index (χ2v) is 7.56. The minimum absolute atomic E-state index is 0.0914. The van der Waals surface area contributed by atoms with E-state index in [0.717, 1.165) is 16.0 Å². The Hall–Kier alpha value is -4.46. The highest BCUT2D eigenvalue weighted by Gasteiger charge is 2.39. The van der Waals surface area contributed by atoms with Crippen LogP contribution in [0.3, 0.4) is 0 Å². The number of imide groups is 1. The number of nitrogens with zero attached hydrogens (tertiary/aromatic N) is 2. The van der Waals surface area contributed by atoms with Crippen molar-refractivity contribution in [2.45, 2.75) is 13.5 Å².